The minimum absolute atomic E-state index is 0.0139. The van der Waals surface area contributed by atoms with Gasteiger partial charge in [0, 0.05) is 23.7 Å². The van der Waals surface area contributed by atoms with Gasteiger partial charge in [-0.25, -0.2) is 0 Å². The summed E-state index contributed by atoms with van der Waals surface area (Å²) in [6.07, 6.45) is 5.80. The van der Waals surface area contributed by atoms with Crippen LogP contribution in [0, 0.1) is 17.0 Å². The molecule has 7 heteroatoms. The van der Waals surface area contributed by atoms with Gasteiger partial charge in [0.05, 0.1) is 4.92 Å². The van der Waals surface area contributed by atoms with Crippen LogP contribution in [0.3, 0.4) is 0 Å². The molecule has 0 aliphatic carbocycles. The summed E-state index contributed by atoms with van der Waals surface area (Å²) in [5, 5.41) is 16.5. The summed E-state index contributed by atoms with van der Waals surface area (Å²) in [7, 11) is 0. The number of carbonyl (C=O) groups excluding carboxylic acids is 1. The van der Waals surface area contributed by atoms with E-state index in [2.05, 4.69) is 17.6 Å². The molecule has 1 aromatic rings. The fraction of sp³-hybridized carbons (Fsp3) is 0.500. The van der Waals surface area contributed by atoms with Crippen molar-refractivity contribution < 1.29 is 9.72 Å². The van der Waals surface area contributed by atoms with Crippen LogP contribution in [0.15, 0.2) is 18.2 Å². The highest BCUT2D eigenvalue weighted by atomic mass is 32.1. The summed E-state index contributed by atoms with van der Waals surface area (Å²) in [5.74, 6) is -0.138. The van der Waals surface area contributed by atoms with Crippen molar-refractivity contribution in [2.45, 2.75) is 52.4 Å². The highest BCUT2D eigenvalue weighted by Crippen LogP contribution is 2.22. The number of aryl methyl sites for hydroxylation is 1. The van der Waals surface area contributed by atoms with Crippen molar-refractivity contribution in [3.8, 4) is 0 Å². The highest BCUT2D eigenvalue weighted by molar-refractivity contribution is 7.80. The van der Waals surface area contributed by atoms with Gasteiger partial charge >= 0.3 is 0 Å². The number of nitrogens with one attached hydrogen (secondary N) is 2. The minimum Gasteiger partial charge on any atom is -0.332 e. The first-order valence-corrected chi connectivity index (χ1v) is 8.20. The molecule has 0 fully saturated rings. The number of hydrogen-bond donors (Lipinski definition) is 2. The normalized spacial score (nSPS) is 10.2. The van der Waals surface area contributed by atoms with Crippen molar-refractivity contribution in [3.63, 3.8) is 0 Å². The molecule has 0 radical (unpaired) electrons. The smallest absolute Gasteiger partial charge is 0.274 e. The first-order chi connectivity index (χ1) is 10.9. The van der Waals surface area contributed by atoms with Crippen LogP contribution in [0.5, 0.6) is 0 Å². The molecule has 1 rings (SSSR count). The summed E-state index contributed by atoms with van der Waals surface area (Å²) in [4.78, 5) is 22.2. The number of nitro benzene ring substituents is 1. The molecular weight excluding hydrogens is 314 g/mol. The Labute approximate surface area is 141 Å². The predicted molar refractivity (Wildman–Crippen MR) is 95.6 cm³/mol. The maximum Gasteiger partial charge on any atom is 0.274 e. The van der Waals surface area contributed by atoms with Crippen LogP contribution in [-0.2, 0) is 4.79 Å². The lowest BCUT2D eigenvalue weighted by molar-refractivity contribution is -0.385. The maximum atomic E-state index is 11.8. The van der Waals surface area contributed by atoms with E-state index in [4.69, 9.17) is 12.2 Å². The Bertz CT molecular complexity index is 576. The number of nitro groups is 1. The monoisotopic (exact) mass is 337 g/mol. The van der Waals surface area contributed by atoms with E-state index in [0.29, 0.717) is 17.7 Å². The van der Waals surface area contributed by atoms with Gasteiger partial charge in [0.25, 0.3) is 5.69 Å². The van der Waals surface area contributed by atoms with E-state index in [9.17, 15) is 14.9 Å². The number of benzene rings is 1. The van der Waals surface area contributed by atoms with Crippen molar-refractivity contribution in [3.05, 3.63) is 33.9 Å². The zero-order valence-corrected chi connectivity index (χ0v) is 14.4. The van der Waals surface area contributed by atoms with Crippen LogP contribution in [0.25, 0.3) is 0 Å². The Kier molecular flexibility index (Phi) is 8.18. The number of carbonyl (C=O) groups is 1. The zero-order valence-electron chi connectivity index (χ0n) is 13.6. The van der Waals surface area contributed by atoms with E-state index >= 15 is 0 Å². The molecule has 6 nitrogen and oxygen atoms in total. The van der Waals surface area contributed by atoms with Gasteiger partial charge < -0.3 is 10.6 Å². The van der Waals surface area contributed by atoms with Gasteiger partial charge in [0.2, 0.25) is 5.91 Å². The molecule has 0 spiro atoms. The third-order valence-electron chi connectivity index (χ3n) is 3.42. The Morgan fingerprint density at radius 1 is 1.26 bits per heavy atom. The average Bonchev–Trinajstić information content (AvgIpc) is 2.48. The summed E-state index contributed by atoms with van der Waals surface area (Å²) in [5.41, 5.74) is 1.07. The molecule has 1 amide bonds. The number of anilines is 1. The molecule has 2 N–H and O–H groups in total. The van der Waals surface area contributed by atoms with Crippen LogP contribution in [0.1, 0.15) is 51.0 Å². The van der Waals surface area contributed by atoms with Crippen molar-refractivity contribution in [2.24, 2.45) is 0 Å². The lowest BCUT2D eigenvalue weighted by Gasteiger charge is -2.10. The summed E-state index contributed by atoms with van der Waals surface area (Å²) in [6.45, 7) is 3.81. The zero-order chi connectivity index (χ0) is 17.2. The van der Waals surface area contributed by atoms with Gasteiger partial charge in [-0.3, -0.25) is 14.9 Å². The first kappa shape index (κ1) is 19.0. The molecule has 0 aliphatic heterocycles. The molecule has 0 aromatic heterocycles. The third-order valence-corrected chi connectivity index (χ3v) is 3.63. The van der Waals surface area contributed by atoms with E-state index in [1.54, 1.807) is 19.1 Å². The molecule has 0 atom stereocenters. The summed E-state index contributed by atoms with van der Waals surface area (Å²) < 4.78 is 0. The van der Waals surface area contributed by atoms with Crippen LogP contribution < -0.4 is 10.6 Å². The van der Waals surface area contributed by atoms with Crippen molar-refractivity contribution in [1.82, 2.24) is 5.32 Å². The molecule has 0 bridgehead atoms. The van der Waals surface area contributed by atoms with Crippen molar-refractivity contribution in [2.75, 3.05) is 5.32 Å². The van der Waals surface area contributed by atoms with E-state index in [-0.39, 0.29) is 16.7 Å². The van der Waals surface area contributed by atoms with Gasteiger partial charge in [-0.15, -0.1) is 0 Å². The third kappa shape index (κ3) is 7.19. The summed E-state index contributed by atoms with van der Waals surface area (Å²) >= 11 is 5.06. The molecule has 0 saturated heterocycles. The molecular formula is C16H23N3O3S. The van der Waals surface area contributed by atoms with Crippen LogP contribution in [0.4, 0.5) is 11.4 Å². The van der Waals surface area contributed by atoms with E-state index < -0.39 is 4.92 Å². The number of hydrogen-bond acceptors (Lipinski definition) is 4. The van der Waals surface area contributed by atoms with Gasteiger partial charge in [0.15, 0.2) is 5.11 Å². The largest absolute Gasteiger partial charge is 0.332 e. The Morgan fingerprint density at radius 3 is 2.61 bits per heavy atom. The number of thiocarbonyl (C=S) groups is 1. The van der Waals surface area contributed by atoms with E-state index in [1.807, 2.05) is 0 Å². The van der Waals surface area contributed by atoms with Crippen LogP contribution in [-0.4, -0.2) is 15.9 Å². The predicted octanol–water partition coefficient (Wildman–Crippen LogP) is 4.08. The molecule has 126 valence electrons. The quantitative estimate of drug-likeness (QED) is 0.323. The minimum atomic E-state index is -0.446. The second kappa shape index (κ2) is 9.89. The average molecular weight is 337 g/mol. The van der Waals surface area contributed by atoms with Gasteiger partial charge in [-0.2, -0.15) is 0 Å². The molecule has 0 saturated carbocycles. The van der Waals surface area contributed by atoms with Crippen LogP contribution in [0.2, 0.25) is 0 Å². The fourth-order valence-electron chi connectivity index (χ4n) is 2.12. The molecule has 0 aliphatic rings. The lowest BCUT2D eigenvalue weighted by Crippen LogP contribution is -2.33. The van der Waals surface area contributed by atoms with Crippen LogP contribution >= 0.6 is 12.2 Å². The first-order valence-electron chi connectivity index (χ1n) is 7.80. The number of amides is 1. The molecule has 23 heavy (non-hydrogen) atoms. The maximum absolute atomic E-state index is 11.8. The van der Waals surface area contributed by atoms with Gasteiger partial charge in [0.1, 0.15) is 0 Å². The lowest BCUT2D eigenvalue weighted by atomic mass is 10.1. The second-order valence-electron chi connectivity index (χ2n) is 5.42. The molecule has 1 aromatic carbocycles. The highest BCUT2D eigenvalue weighted by Gasteiger charge is 2.12. The standard InChI is InChI=1S/C16H23N3O3S/c1-3-4-5-6-7-8-15(20)18-16(23)17-13-10-9-12(2)14(11-13)19(21)22/h9-11H,3-8H2,1-2H3,(H2,17,18,20,23). The van der Waals surface area contributed by atoms with Crippen molar-refractivity contribution in [1.29, 1.82) is 0 Å². The second-order valence-corrected chi connectivity index (χ2v) is 5.83. The number of rotatable bonds is 8. The Balaban J connectivity index is 2.43. The van der Waals surface area contributed by atoms with E-state index in [1.165, 1.54) is 18.9 Å². The van der Waals surface area contributed by atoms with Gasteiger partial charge in [-0.05, 0) is 31.6 Å². The van der Waals surface area contributed by atoms with Crippen molar-refractivity contribution >= 4 is 34.6 Å². The molecule has 0 heterocycles. The Hall–Kier alpha value is -2.02. The van der Waals surface area contributed by atoms with E-state index in [0.717, 1.165) is 19.3 Å². The number of unbranched alkanes of at least 4 members (excludes halogenated alkanes) is 4. The number of nitrogens with zero attached hydrogens (tertiary/aromatic N) is 1. The fourth-order valence-corrected chi connectivity index (χ4v) is 2.36. The summed E-state index contributed by atoms with van der Waals surface area (Å²) in [6, 6.07) is 4.72. The Morgan fingerprint density at radius 2 is 1.96 bits per heavy atom. The topological polar surface area (TPSA) is 84.3 Å². The molecule has 0 unspecified atom stereocenters. The SMILES string of the molecule is CCCCCCCC(=O)NC(=S)Nc1ccc(C)c([N+](=O)[O-])c1. The van der Waals surface area contributed by atoms with Gasteiger partial charge in [-0.1, -0.05) is 38.7 Å².